The summed E-state index contributed by atoms with van der Waals surface area (Å²) in [4.78, 5) is 17.2. The highest BCUT2D eigenvalue weighted by atomic mass is 19.3. The summed E-state index contributed by atoms with van der Waals surface area (Å²) < 4.78 is 27.0. The third-order valence-corrected chi connectivity index (χ3v) is 7.25. The Bertz CT molecular complexity index is 884. The van der Waals surface area contributed by atoms with Gasteiger partial charge < -0.3 is 20.1 Å². The third-order valence-electron chi connectivity index (χ3n) is 7.25. The van der Waals surface area contributed by atoms with Crippen molar-refractivity contribution < 1.29 is 8.78 Å². The summed E-state index contributed by atoms with van der Waals surface area (Å²) in [6, 6.07) is 2.57. The van der Waals surface area contributed by atoms with Crippen molar-refractivity contribution in [2.24, 2.45) is 17.3 Å². The minimum atomic E-state index is -2.25. The highest BCUT2D eigenvalue weighted by Gasteiger charge is 2.65. The molecule has 0 radical (unpaired) electrons. The number of fused-ring (bicyclic) bond motifs is 3. The van der Waals surface area contributed by atoms with Gasteiger partial charge >= 0.3 is 0 Å². The summed E-state index contributed by atoms with van der Waals surface area (Å²) >= 11 is 0. The van der Waals surface area contributed by atoms with Crippen molar-refractivity contribution in [1.82, 2.24) is 20.3 Å². The average Bonchev–Trinajstić information content (AvgIpc) is 3.11. The number of halogens is 2. The Morgan fingerprint density at radius 1 is 1.19 bits per heavy atom. The van der Waals surface area contributed by atoms with Crippen molar-refractivity contribution in [3.8, 4) is 0 Å². The molecule has 1 aliphatic carbocycles. The molecule has 0 aromatic carbocycles. The number of aromatic amines is 1. The van der Waals surface area contributed by atoms with E-state index < -0.39 is 11.8 Å². The highest BCUT2D eigenvalue weighted by molar-refractivity contribution is 5.87. The van der Waals surface area contributed by atoms with Crippen LogP contribution in [0.2, 0.25) is 0 Å². The molecule has 8 heteroatoms. The minimum Gasteiger partial charge on any atom is -0.357 e. The summed E-state index contributed by atoms with van der Waals surface area (Å²) in [6.45, 7) is 4.07. The molecule has 4 unspecified atom stereocenters. The van der Waals surface area contributed by atoms with Crippen LogP contribution in [-0.4, -0.2) is 60.1 Å². The Balaban J connectivity index is 1.34. The van der Waals surface area contributed by atoms with Crippen LogP contribution >= 0.6 is 0 Å². The summed E-state index contributed by atoms with van der Waals surface area (Å²) in [7, 11) is 0. The second-order valence-electron chi connectivity index (χ2n) is 8.74. The molecule has 4 fully saturated rings. The molecule has 2 aromatic rings. The fraction of sp³-hybridized carbons (Fsp3) is 0.684. The molecule has 5 heterocycles. The second-order valence-corrected chi connectivity index (χ2v) is 8.74. The predicted molar refractivity (Wildman–Crippen MR) is 99.4 cm³/mol. The topological polar surface area (TPSA) is 60.1 Å². The van der Waals surface area contributed by atoms with E-state index in [1.54, 1.807) is 0 Å². The maximum absolute atomic E-state index is 13.5. The maximum atomic E-state index is 13.5. The van der Waals surface area contributed by atoms with E-state index in [0.29, 0.717) is 31.5 Å². The van der Waals surface area contributed by atoms with Gasteiger partial charge in [-0.15, -0.1) is 0 Å². The fourth-order valence-corrected chi connectivity index (χ4v) is 5.54. The molecule has 144 valence electrons. The zero-order valence-corrected chi connectivity index (χ0v) is 15.2. The third kappa shape index (κ3) is 2.31. The number of rotatable bonds is 3. The van der Waals surface area contributed by atoms with Gasteiger partial charge in [-0.2, -0.15) is 4.98 Å². The van der Waals surface area contributed by atoms with Gasteiger partial charge in [0.15, 0.2) is 5.82 Å². The first-order valence-electron chi connectivity index (χ1n) is 10.0. The second kappa shape index (κ2) is 5.53. The van der Waals surface area contributed by atoms with E-state index in [1.807, 2.05) is 17.2 Å². The molecule has 6 nitrogen and oxygen atoms in total. The van der Waals surface area contributed by atoms with Crippen LogP contribution in [0.4, 0.5) is 20.5 Å². The number of H-pyrrole nitrogens is 1. The van der Waals surface area contributed by atoms with Gasteiger partial charge in [0.05, 0.1) is 10.9 Å². The van der Waals surface area contributed by atoms with Crippen LogP contribution in [0.15, 0.2) is 12.3 Å². The lowest BCUT2D eigenvalue weighted by Crippen LogP contribution is -2.45. The lowest BCUT2D eigenvalue weighted by atomic mass is 9.94. The molecule has 0 bridgehead atoms. The van der Waals surface area contributed by atoms with E-state index in [0.717, 1.165) is 48.9 Å². The summed E-state index contributed by atoms with van der Waals surface area (Å²) in [5.74, 6) is 2.28. The lowest BCUT2D eigenvalue weighted by Gasteiger charge is -2.35. The van der Waals surface area contributed by atoms with Gasteiger partial charge in [-0.05, 0) is 43.7 Å². The van der Waals surface area contributed by atoms with Crippen molar-refractivity contribution in [3.05, 3.63) is 12.3 Å². The summed E-state index contributed by atoms with van der Waals surface area (Å²) in [5, 5.41) is 3.58. The quantitative estimate of drug-likeness (QED) is 0.863. The molecular formula is C19H24F2N6. The Labute approximate surface area is 156 Å². The van der Waals surface area contributed by atoms with Crippen molar-refractivity contribution in [1.29, 1.82) is 0 Å². The van der Waals surface area contributed by atoms with E-state index in [2.05, 4.69) is 15.2 Å². The van der Waals surface area contributed by atoms with Crippen LogP contribution in [0.1, 0.15) is 19.3 Å². The van der Waals surface area contributed by atoms with Gasteiger partial charge in [-0.25, -0.2) is 13.8 Å². The predicted octanol–water partition coefficient (Wildman–Crippen LogP) is 2.24. The number of anilines is 2. The van der Waals surface area contributed by atoms with E-state index >= 15 is 0 Å². The first-order valence-corrected chi connectivity index (χ1v) is 10.0. The molecule has 6 rings (SSSR count). The molecule has 0 spiro atoms. The number of nitrogens with one attached hydrogen (secondary N) is 2. The Morgan fingerprint density at radius 3 is 2.96 bits per heavy atom. The largest absolute Gasteiger partial charge is 0.357 e. The van der Waals surface area contributed by atoms with E-state index in [4.69, 9.17) is 9.97 Å². The standard InChI is InChI=1S/C19H24F2N6/c20-17(21)19-7-12(19)9-27(10-19)16-15-14(2-5-23-15)24-18(25-16)26-6-3-13-11(8-26)1-4-22-13/h2,5,11-13,17,22-23H,1,3-4,6-10H2. The maximum Gasteiger partial charge on any atom is 0.246 e. The number of piperidine rings is 2. The molecule has 2 N–H and O–H groups in total. The van der Waals surface area contributed by atoms with Crippen LogP contribution < -0.4 is 15.1 Å². The van der Waals surface area contributed by atoms with Crippen molar-refractivity contribution in [3.63, 3.8) is 0 Å². The SMILES string of the molecule is FC(F)C12CC1CN(c1nc(N3CCC4NCCC4C3)nc3cc[nH]c13)C2. The van der Waals surface area contributed by atoms with Gasteiger partial charge in [-0.3, -0.25) is 0 Å². The smallest absolute Gasteiger partial charge is 0.246 e. The highest BCUT2D eigenvalue weighted by Crippen LogP contribution is 2.61. The Morgan fingerprint density at radius 2 is 2.11 bits per heavy atom. The van der Waals surface area contributed by atoms with E-state index in [1.165, 1.54) is 6.42 Å². The van der Waals surface area contributed by atoms with Crippen LogP contribution in [0.3, 0.4) is 0 Å². The number of hydrogen-bond donors (Lipinski definition) is 2. The first-order chi connectivity index (χ1) is 13.1. The molecule has 3 aliphatic heterocycles. The fourth-order valence-electron chi connectivity index (χ4n) is 5.54. The first kappa shape index (κ1) is 16.0. The molecular weight excluding hydrogens is 350 g/mol. The Hall–Kier alpha value is -1.96. The van der Waals surface area contributed by atoms with Crippen LogP contribution in [0.5, 0.6) is 0 Å². The van der Waals surface area contributed by atoms with Crippen LogP contribution in [0.25, 0.3) is 11.0 Å². The Kier molecular flexibility index (Phi) is 3.28. The molecule has 1 saturated carbocycles. The van der Waals surface area contributed by atoms with Gasteiger partial charge in [-0.1, -0.05) is 0 Å². The van der Waals surface area contributed by atoms with E-state index in [-0.39, 0.29) is 5.92 Å². The van der Waals surface area contributed by atoms with Crippen molar-refractivity contribution >= 4 is 22.8 Å². The van der Waals surface area contributed by atoms with Gasteiger partial charge in [0, 0.05) is 38.4 Å². The summed E-state index contributed by atoms with van der Waals surface area (Å²) in [5.41, 5.74) is 0.924. The molecule has 4 aliphatic rings. The summed E-state index contributed by atoms with van der Waals surface area (Å²) in [6.07, 6.45) is 2.57. The zero-order valence-electron chi connectivity index (χ0n) is 15.2. The number of alkyl halides is 2. The molecule has 27 heavy (non-hydrogen) atoms. The van der Waals surface area contributed by atoms with Gasteiger partial charge in [0.25, 0.3) is 0 Å². The van der Waals surface area contributed by atoms with Crippen LogP contribution in [-0.2, 0) is 0 Å². The van der Waals surface area contributed by atoms with E-state index in [9.17, 15) is 8.78 Å². The molecule has 3 saturated heterocycles. The monoisotopic (exact) mass is 374 g/mol. The van der Waals surface area contributed by atoms with Gasteiger partial charge in [0.2, 0.25) is 12.4 Å². The number of nitrogens with zero attached hydrogens (tertiary/aromatic N) is 4. The molecule has 4 atom stereocenters. The number of aromatic nitrogens is 3. The van der Waals surface area contributed by atoms with Gasteiger partial charge in [0.1, 0.15) is 5.52 Å². The number of hydrogen-bond acceptors (Lipinski definition) is 5. The van der Waals surface area contributed by atoms with Crippen LogP contribution in [0, 0.1) is 17.3 Å². The zero-order chi connectivity index (χ0) is 18.2. The molecule has 2 aromatic heterocycles. The van der Waals surface area contributed by atoms with Crippen molar-refractivity contribution in [2.45, 2.75) is 31.7 Å². The van der Waals surface area contributed by atoms with Crippen molar-refractivity contribution in [2.75, 3.05) is 42.5 Å². The normalized spacial score (nSPS) is 35.1. The average molecular weight is 374 g/mol. The lowest BCUT2D eigenvalue weighted by molar-refractivity contribution is 0.0656. The molecule has 0 amide bonds. The minimum absolute atomic E-state index is 0.0984.